The van der Waals surface area contributed by atoms with Gasteiger partial charge in [0.2, 0.25) is 0 Å². The topological polar surface area (TPSA) is 124 Å². The van der Waals surface area contributed by atoms with Crippen LogP contribution in [-0.2, 0) is 9.53 Å². The van der Waals surface area contributed by atoms with Crippen LogP contribution >= 0.6 is 0 Å². The Balaban J connectivity index is 2.49. The number of benzene rings is 1. The van der Waals surface area contributed by atoms with Gasteiger partial charge in [0.05, 0.1) is 5.56 Å². The number of aldehydes is 1. The van der Waals surface area contributed by atoms with Crippen molar-refractivity contribution in [3.63, 3.8) is 0 Å². The summed E-state index contributed by atoms with van der Waals surface area (Å²) in [6.07, 6.45) is -7.12. The van der Waals surface area contributed by atoms with E-state index in [0.717, 1.165) is 0 Å². The number of hydrogen-bond donors (Lipinski definition) is 4. The standard InChI is InChI=1S/C13H16O7/c14-6-9(15)11(17)12(18)10(16)7-20-13(19)8-4-2-1-3-5-8/h1-6,9-12,15-18H,7H2/t9-,10+,11+,12-/m0/s1. The second-order valence-corrected chi connectivity index (χ2v) is 4.14. The lowest BCUT2D eigenvalue weighted by Gasteiger charge is -2.23. The number of aliphatic hydroxyl groups excluding tert-OH is 4. The SMILES string of the molecule is O=C[C@H](O)[C@@H](O)[C@@H](O)[C@H](O)COC(=O)c1ccccc1. The summed E-state index contributed by atoms with van der Waals surface area (Å²) in [6, 6.07) is 8.00. The lowest BCUT2D eigenvalue weighted by molar-refractivity contribution is -0.136. The van der Waals surface area contributed by atoms with Crippen LogP contribution in [0.2, 0.25) is 0 Å². The van der Waals surface area contributed by atoms with E-state index in [1.54, 1.807) is 18.2 Å². The molecule has 1 aromatic rings. The van der Waals surface area contributed by atoms with Crippen LogP contribution in [0.3, 0.4) is 0 Å². The molecule has 20 heavy (non-hydrogen) atoms. The van der Waals surface area contributed by atoms with Crippen LogP contribution in [0.4, 0.5) is 0 Å². The molecule has 0 unspecified atom stereocenters. The molecule has 0 aliphatic carbocycles. The molecule has 110 valence electrons. The van der Waals surface area contributed by atoms with E-state index in [4.69, 9.17) is 9.84 Å². The fourth-order valence-electron chi connectivity index (χ4n) is 1.43. The first kappa shape index (κ1) is 16.3. The van der Waals surface area contributed by atoms with Crippen LogP contribution in [-0.4, -0.2) is 63.7 Å². The van der Waals surface area contributed by atoms with E-state index in [-0.39, 0.29) is 11.8 Å². The summed E-state index contributed by atoms with van der Waals surface area (Å²) in [5.41, 5.74) is 0.266. The maximum atomic E-state index is 11.5. The summed E-state index contributed by atoms with van der Waals surface area (Å²) in [4.78, 5) is 21.8. The van der Waals surface area contributed by atoms with Crippen LogP contribution in [0.1, 0.15) is 10.4 Å². The van der Waals surface area contributed by atoms with E-state index in [1.165, 1.54) is 12.1 Å². The normalized spacial score (nSPS) is 16.8. The van der Waals surface area contributed by atoms with Crippen LogP contribution in [0.5, 0.6) is 0 Å². The smallest absolute Gasteiger partial charge is 0.338 e. The lowest BCUT2D eigenvalue weighted by Crippen LogP contribution is -2.46. The molecule has 0 radical (unpaired) electrons. The first-order valence-corrected chi connectivity index (χ1v) is 5.87. The zero-order chi connectivity index (χ0) is 15.1. The quantitative estimate of drug-likeness (QED) is 0.354. The van der Waals surface area contributed by atoms with Gasteiger partial charge in [-0.05, 0) is 12.1 Å². The van der Waals surface area contributed by atoms with E-state index in [1.807, 2.05) is 0 Å². The fourth-order valence-corrected chi connectivity index (χ4v) is 1.43. The van der Waals surface area contributed by atoms with E-state index in [9.17, 15) is 24.9 Å². The Labute approximate surface area is 115 Å². The van der Waals surface area contributed by atoms with Crippen molar-refractivity contribution in [2.75, 3.05) is 6.61 Å². The molecule has 4 N–H and O–H groups in total. The third kappa shape index (κ3) is 4.39. The monoisotopic (exact) mass is 284 g/mol. The molecule has 0 heterocycles. The highest BCUT2D eigenvalue weighted by atomic mass is 16.5. The van der Waals surface area contributed by atoms with Gasteiger partial charge in [-0.25, -0.2) is 4.79 Å². The van der Waals surface area contributed by atoms with Gasteiger partial charge in [-0.2, -0.15) is 0 Å². The van der Waals surface area contributed by atoms with Crippen molar-refractivity contribution in [3.05, 3.63) is 35.9 Å². The van der Waals surface area contributed by atoms with Crippen LogP contribution in [0.25, 0.3) is 0 Å². The van der Waals surface area contributed by atoms with Crippen molar-refractivity contribution < 1.29 is 34.8 Å². The molecule has 0 saturated heterocycles. The molecule has 0 aliphatic heterocycles. The molecule has 4 atom stereocenters. The summed E-state index contributed by atoms with van der Waals surface area (Å²) < 4.78 is 4.74. The molecule has 0 spiro atoms. The molecule has 7 nitrogen and oxygen atoms in total. The average molecular weight is 284 g/mol. The molecular weight excluding hydrogens is 268 g/mol. The lowest BCUT2D eigenvalue weighted by atomic mass is 10.0. The van der Waals surface area contributed by atoms with Crippen LogP contribution < -0.4 is 0 Å². The molecule has 0 aromatic heterocycles. The minimum absolute atomic E-state index is 0.0244. The molecule has 0 aliphatic rings. The Morgan fingerprint density at radius 3 is 2.25 bits per heavy atom. The Kier molecular flexibility index (Phi) is 6.26. The first-order chi connectivity index (χ1) is 9.47. The van der Waals surface area contributed by atoms with Crippen molar-refractivity contribution >= 4 is 12.3 Å². The Hall–Kier alpha value is -1.80. The Morgan fingerprint density at radius 2 is 1.70 bits per heavy atom. The number of carbonyl (C=O) groups excluding carboxylic acids is 2. The average Bonchev–Trinajstić information content (AvgIpc) is 2.50. The van der Waals surface area contributed by atoms with Crippen molar-refractivity contribution in [2.24, 2.45) is 0 Å². The number of rotatable bonds is 7. The van der Waals surface area contributed by atoms with E-state index < -0.39 is 37.0 Å². The molecule has 7 heteroatoms. The largest absolute Gasteiger partial charge is 0.459 e. The molecule has 1 aromatic carbocycles. The Morgan fingerprint density at radius 1 is 1.10 bits per heavy atom. The number of ether oxygens (including phenoxy) is 1. The van der Waals surface area contributed by atoms with Gasteiger partial charge < -0.3 is 30.0 Å². The molecule has 1 rings (SSSR count). The summed E-state index contributed by atoms with van der Waals surface area (Å²) in [6.45, 7) is -0.586. The maximum absolute atomic E-state index is 11.5. The van der Waals surface area contributed by atoms with Crippen LogP contribution in [0.15, 0.2) is 30.3 Å². The predicted octanol–water partition coefficient (Wildman–Crippen LogP) is -1.51. The highest BCUT2D eigenvalue weighted by molar-refractivity contribution is 5.89. The maximum Gasteiger partial charge on any atom is 0.338 e. The van der Waals surface area contributed by atoms with Crippen molar-refractivity contribution in [2.45, 2.75) is 24.4 Å². The zero-order valence-electron chi connectivity index (χ0n) is 10.5. The molecule has 0 amide bonds. The van der Waals surface area contributed by atoms with Gasteiger partial charge >= 0.3 is 5.97 Å². The second-order valence-electron chi connectivity index (χ2n) is 4.14. The van der Waals surface area contributed by atoms with Crippen molar-refractivity contribution in [1.29, 1.82) is 0 Å². The third-order valence-corrected chi connectivity index (χ3v) is 2.63. The highest BCUT2D eigenvalue weighted by Gasteiger charge is 2.30. The van der Waals surface area contributed by atoms with Gasteiger partial charge in [0.15, 0.2) is 6.29 Å². The van der Waals surface area contributed by atoms with Gasteiger partial charge in [-0.15, -0.1) is 0 Å². The molecule has 0 saturated carbocycles. The van der Waals surface area contributed by atoms with Gasteiger partial charge in [-0.3, -0.25) is 0 Å². The molecular formula is C13H16O7. The van der Waals surface area contributed by atoms with Crippen molar-refractivity contribution in [3.8, 4) is 0 Å². The summed E-state index contributed by atoms with van der Waals surface area (Å²) in [5, 5.41) is 37.3. The number of aliphatic hydroxyl groups is 4. The predicted molar refractivity (Wildman–Crippen MR) is 66.8 cm³/mol. The van der Waals surface area contributed by atoms with E-state index in [0.29, 0.717) is 0 Å². The van der Waals surface area contributed by atoms with Crippen LogP contribution in [0, 0.1) is 0 Å². The zero-order valence-corrected chi connectivity index (χ0v) is 10.5. The summed E-state index contributed by atoms with van der Waals surface area (Å²) >= 11 is 0. The van der Waals surface area contributed by atoms with Gasteiger partial charge in [0, 0.05) is 0 Å². The van der Waals surface area contributed by atoms with Gasteiger partial charge in [0.1, 0.15) is 31.0 Å². The van der Waals surface area contributed by atoms with Gasteiger partial charge in [0.25, 0.3) is 0 Å². The first-order valence-electron chi connectivity index (χ1n) is 5.87. The van der Waals surface area contributed by atoms with Crippen molar-refractivity contribution in [1.82, 2.24) is 0 Å². The summed E-state index contributed by atoms with van der Waals surface area (Å²) in [7, 11) is 0. The number of hydrogen-bond acceptors (Lipinski definition) is 7. The summed E-state index contributed by atoms with van der Waals surface area (Å²) in [5.74, 6) is -0.706. The minimum atomic E-state index is -1.86. The molecule has 0 bridgehead atoms. The van der Waals surface area contributed by atoms with Gasteiger partial charge in [-0.1, -0.05) is 18.2 Å². The third-order valence-electron chi connectivity index (χ3n) is 2.63. The number of carbonyl (C=O) groups is 2. The minimum Gasteiger partial charge on any atom is -0.459 e. The highest BCUT2D eigenvalue weighted by Crippen LogP contribution is 2.07. The molecule has 0 fully saturated rings. The van der Waals surface area contributed by atoms with E-state index in [2.05, 4.69) is 0 Å². The fraction of sp³-hybridized carbons (Fsp3) is 0.385. The van der Waals surface area contributed by atoms with E-state index >= 15 is 0 Å². The second kappa shape index (κ2) is 7.71. The Bertz CT molecular complexity index is 434. The number of esters is 1.